The third-order valence-corrected chi connectivity index (χ3v) is 2.65. The van der Waals surface area contributed by atoms with Crippen molar-refractivity contribution >= 4 is 17.3 Å². The van der Waals surface area contributed by atoms with Crippen molar-refractivity contribution in [1.82, 2.24) is 4.98 Å². The van der Waals surface area contributed by atoms with E-state index in [2.05, 4.69) is 10.3 Å². The normalized spacial score (nSPS) is 10.3. The minimum atomic E-state index is -0.418. The van der Waals surface area contributed by atoms with Crippen LogP contribution in [-0.2, 0) is 6.54 Å². The van der Waals surface area contributed by atoms with E-state index in [1.165, 1.54) is 12.1 Å². The van der Waals surface area contributed by atoms with Gasteiger partial charge in [-0.2, -0.15) is 0 Å². The maximum absolute atomic E-state index is 13.2. The topological polar surface area (TPSA) is 24.9 Å². The monoisotopic (exact) mass is 250 g/mol. The summed E-state index contributed by atoms with van der Waals surface area (Å²) in [5.41, 5.74) is 2.86. The van der Waals surface area contributed by atoms with Crippen LogP contribution in [0.1, 0.15) is 11.1 Å². The van der Waals surface area contributed by atoms with Crippen LogP contribution < -0.4 is 5.32 Å². The van der Waals surface area contributed by atoms with Gasteiger partial charge in [-0.1, -0.05) is 17.7 Å². The fourth-order valence-electron chi connectivity index (χ4n) is 1.52. The zero-order valence-electron chi connectivity index (χ0n) is 9.37. The Balaban J connectivity index is 2.05. The molecule has 0 saturated carbocycles. The summed E-state index contributed by atoms with van der Waals surface area (Å²) in [6.45, 7) is 2.59. The Hall–Kier alpha value is -1.61. The van der Waals surface area contributed by atoms with Gasteiger partial charge in [0.25, 0.3) is 0 Å². The van der Waals surface area contributed by atoms with Crippen molar-refractivity contribution in [2.75, 3.05) is 5.32 Å². The number of nitrogens with zero attached hydrogens (tertiary/aromatic N) is 1. The summed E-state index contributed by atoms with van der Waals surface area (Å²) in [7, 11) is 0. The number of aromatic nitrogens is 1. The Labute approximate surface area is 104 Å². The highest BCUT2D eigenvalue weighted by molar-refractivity contribution is 6.30. The molecule has 0 radical (unpaired) electrons. The van der Waals surface area contributed by atoms with Gasteiger partial charge in [0.05, 0.1) is 5.02 Å². The van der Waals surface area contributed by atoms with E-state index in [0.29, 0.717) is 12.2 Å². The molecule has 1 aromatic heterocycles. The molecular formula is C13H12ClFN2. The zero-order valence-corrected chi connectivity index (χ0v) is 10.1. The zero-order chi connectivity index (χ0) is 12.3. The summed E-state index contributed by atoms with van der Waals surface area (Å²) < 4.78 is 13.2. The molecule has 0 aliphatic rings. The minimum Gasteiger partial charge on any atom is -0.381 e. The van der Waals surface area contributed by atoms with Gasteiger partial charge in [0.15, 0.2) is 0 Å². The molecule has 0 spiro atoms. The van der Waals surface area contributed by atoms with Crippen molar-refractivity contribution in [2.45, 2.75) is 13.5 Å². The molecule has 0 amide bonds. The Kier molecular flexibility index (Phi) is 3.59. The highest BCUT2D eigenvalue weighted by Crippen LogP contribution is 2.19. The van der Waals surface area contributed by atoms with E-state index in [4.69, 9.17) is 11.6 Å². The predicted molar refractivity (Wildman–Crippen MR) is 67.7 cm³/mol. The molecule has 0 atom stereocenters. The standard InChI is InChI=1S/C13H12ClFN2/c1-9-4-10(7-16-6-9)8-17-11-2-3-12(14)13(15)5-11/h2-7,17H,8H2,1H3. The molecule has 2 aromatic rings. The molecule has 2 nitrogen and oxygen atoms in total. The molecule has 2 rings (SSSR count). The lowest BCUT2D eigenvalue weighted by Crippen LogP contribution is -2.00. The van der Waals surface area contributed by atoms with Crippen LogP contribution in [0.3, 0.4) is 0 Å². The van der Waals surface area contributed by atoms with Crippen LogP contribution in [0.25, 0.3) is 0 Å². The number of hydrogen-bond donors (Lipinski definition) is 1. The number of aryl methyl sites for hydroxylation is 1. The lowest BCUT2D eigenvalue weighted by atomic mass is 10.2. The van der Waals surface area contributed by atoms with Gasteiger partial charge in [-0.3, -0.25) is 4.98 Å². The van der Waals surface area contributed by atoms with Crippen molar-refractivity contribution in [3.63, 3.8) is 0 Å². The number of hydrogen-bond acceptors (Lipinski definition) is 2. The Morgan fingerprint density at radius 2 is 2.12 bits per heavy atom. The van der Waals surface area contributed by atoms with Gasteiger partial charge in [0.1, 0.15) is 5.82 Å². The quantitative estimate of drug-likeness (QED) is 0.896. The first kappa shape index (κ1) is 11.9. The summed E-state index contributed by atoms with van der Waals surface area (Å²) in [6, 6.07) is 6.69. The van der Waals surface area contributed by atoms with Crippen LogP contribution in [0.5, 0.6) is 0 Å². The van der Waals surface area contributed by atoms with E-state index in [9.17, 15) is 4.39 Å². The molecule has 1 N–H and O–H groups in total. The van der Waals surface area contributed by atoms with E-state index in [0.717, 1.165) is 11.1 Å². The van der Waals surface area contributed by atoms with Gasteiger partial charge < -0.3 is 5.32 Å². The maximum Gasteiger partial charge on any atom is 0.143 e. The Morgan fingerprint density at radius 1 is 1.29 bits per heavy atom. The number of pyridine rings is 1. The average molecular weight is 251 g/mol. The van der Waals surface area contributed by atoms with Crippen molar-refractivity contribution in [2.24, 2.45) is 0 Å². The fraction of sp³-hybridized carbons (Fsp3) is 0.154. The molecule has 1 aromatic carbocycles. The third kappa shape index (κ3) is 3.17. The summed E-state index contributed by atoms with van der Waals surface area (Å²) in [5, 5.41) is 3.25. The lowest BCUT2D eigenvalue weighted by Gasteiger charge is -2.07. The van der Waals surface area contributed by atoms with Gasteiger partial charge in [-0.15, -0.1) is 0 Å². The molecule has 88 valence electrons. The highest BCUT2D eigenvalue weighted by Gasteiger charge is 2.01. The Bertz CT molecular complexity index is 529. The first-order valence-corrected chi connectivity index (χ1v) is 5.62. The van der Waals surface area contributed by atoms with Gasteiger partial charge in [0, 0.05) is 24.6 Å². The van der Waals surface area contributed by atoms with Crippen molar-refractivity contribution < 1.29 is 4.39 Å². The lowest BCUT2D eigenvalue weighted by molar-refractivity contribution is 0.628. The van der Waals surface area contributed by atoms with Crippen LogP contribution >= 0.6 is 11.6 Å². The molecule has 0 fully saturated rings. The average Bonchev–Trinajstić information content (AvgIpc) is 2.31. The van der Waals surface area contributed by atoms with E-state index in [-0.39, 0.29) is 5.02 Å². The van der Waals surface area contributed by atoms with E-state index in [1.807, 2.05) is 13.0 Å². The van der Waals surface area contributed by atoms with Gasteiger partial charge >= 0.3 is 0 Å². The first-order chi connectivity index (χ1) is 8.15. The number of nitrogens with one attached hydrogen (secondary N) is 1. The SMILES string of the molecule is Cc1cncc(CNc2ccc(Cl)c(F)c2)c1. The maximum atomic E-state index is 13.2. The molecule has 0 aliphatic carbocycles. The molecular weight excluding hydrogens is 239 g/mol. The smallest absolute Gasteiger partial charge is 0.143 e. The third-order valence-electron chi connectivity index (χ3n) is 2.35. The molecule has 0 bridgehead atoms. The van der Waals surface area contributed by atoms with Crippen LogP contribution in [-0.4, -0.2) is 4.98 Å². The van der Waals surface area contributed by atoms with Crippen LogP contribution in [0.15, 0.2) is 36.7 Å². The fourth-order valence-corrected chi connectivity index (χ4v) is 1.64. The van der Waals surface area contributed by atoms with Crippen LogP contribution in [0.2, 0.25) is 5.02 Å². The second-order valence-electron chi connectivity index (χ2n) is 3.85. The van der Waals surface area contributed by atoms with Gasteiger partial charge in [-0.05, 0) is 36.2 Å². The number of anilines is 1. The summed E-state index contributed by atoms with van der Waals surface area (Å²) in [5.74, 6) is -0.418. The number of benzene rings is 1. The second kappa shape index (κ2) is 5.15. The summed E-state index contributed by atoms with van der Waals surface area (Å²) in [6.07, 6.45) is 3.58. The molecule has 17 heavy (non-hydrogen) atoms. The second-order valence-corrected chi connectivity index (χ2v) is 4.26. The van der Waals surface area contributed by atoms with E-state index >= 15 is 0 Å². The van der Waals surface area contributed by atoms with Crippen LogP contribution in [0.4, 0.5) is 10.1 Å². The molecule has 0 saturated heterocycles. The van der Waals surface area contributed by atoms with E-state index < -0.39 is 5.82 Å². The molecule has 0 aliphatic heterocycles. The summed E-state index contributed by atoms with van der Waals surface area (Å²) in [4.78, 5) is 4.09. The first-order valence-electron chi connectivity index (χ1n) is 5.24. The van der Waals surface area contributed by atoms with Gasteiger partial charge in [0.2, 0.25) is 0 Å². The molecule has 0 unspecified atom stereocenters. The largest absolute Gasteiger partial charge is 0.381 e. The predicted octanol–water partition coefficient (Wildman–Crippen LogP) is 3.79. The van der Waals surface area contributed by atoms with Crippen LogP contribution in [0, 0.1) is 12.7 Å². The minimum absolute atomic E-state index is 0.132. The van der Waals surface area contributed by atoms with Crippen molar-refractivity contribution in [3.8, 4) is 0 Å². The highest BCUT2D eigenvalue weighted by atomic mass is 35.5. The van der Waals surface area contributed by atoms with E-state index in [1.54, 1.807) is 18.5 Å². The van der Waals surface area contributed by atoms with Crippen molar-refractivity contribution in [1.29, 1.82) is 0 Å². The molecule has 1 heterocycles. The number of rotatable bonds is 3. The Morgan fingerprint density at radius 3 is 2.82 bits per heavy atom. The molecule has 4 heteroatoms. The number of halogens is 2. The van der Waals surface area contributed by atoms with Gasteiger partial charge in [-0.25, -0.2) is 4.39 Å². The van der Waals surface area contributed by atoms with Crippen molar-refractivity contribution in [3.05, 3.63) is 58.6 Å². The summed E-state index contributed by atoms with van der Waals surface area (Å²) >= 11 is 5.61.